The molecule has 2 aromatic heterocycles. The van der Waals surface area contributed by atoms with Gasteiger partial charge in [-0.2, -0.15) is 5.10 Å². The number of nitrogens with one attached hydrogen (secondary N) is 2. The van der Waals surface area contributed by atoms with Crippen LogP contribution in [0.2, 0.25) is 0 Å². The Labute approximate surface area is 196 Å². The first-order valence-corrected chi connectivity index (χ1v) is 11.8. The molecule has 7 nitrogen and oxygen atoms in total. The minimum Gasteiger partial charge on any atom is -0.496 e. The van der Waals surface area contributed by atoms with Crippen molar-refractivity contribution in [2.45, 2.75) is 76.5 Å². The van der Waals surface area contributed by atoms with Crippen molar-refractivity contribution in [3.05, 3.63) is 42.7 Å². The summed E-state index contributed by atoms with van der Waals surface area (Å²) in [7, 11) is 1.69. The van der Waals surface area contributed by atoms with Gasteiger partial charge in [0, 0.05) is 40.5 Å². The summed E-state index contributed by atoms with van der Waals surface area (Å²) in [4.78, 5) is 2.54. The standard InChI is InChI=1S/C26H34N6O/c1-25(2)13-20(14-26(3,4)31-25)32(19-7-8-19)24-11-10-22(29-30-24)21-9-6-17(12-23(21)33-5)18-15-27-28-16-18/h6,9-12,15-16,19-20,31H,7-8,13-14H2,1-5H3,(H,27,28). The first-order chi connectivity index (χ1) is 15.7. The molecule has 2 aliphatic rings. The van der Waals surface area contributed by atoms with Crippen molar-refractivity contribution in [2.75, 3.05) is 12.0 Å². The highest BCUT2D eigenvalue weighted by Crippen LogP contribution is 2.40. The maximum atomic E-state index is 5.69. The van der Waals surface area contributed by atoms with Crippen LogP contribution in [0.3, 0.4) is 0 Å². The molecule has 0 unspecified atom stereocenters. The van der Waals surface area contributed by atoms with Gasteiger partial charge in [0.2, 0.25) is 0 Å². The first-order valence-electron chi connectivity index (χ1n) is 11.8. The average Bonchev–Trinajstić information content (AvgIpc) is 3.43. The van der Waals surface area contributed by atoms with Gasteiger partial charge >= 0.3 is 0 Å². The number of anilines is 1. The molecule has 1 aliphatic carbocycles. The smallest absolute Gasteiger partial charge is 0.151 e. The summed E-state index contributed by atoms with van der Waals surface area (Å²) in [5.74, 6) is 1.75. The third-order valence-corrected chi connectivity index (χ3v) is 6.73. The Kier molecular flexibility index (Phi) is 5.40. The van der Waals surface area contributed by atoms with Gasteiger partial charge in [-0.15, -0.1) is 10.2 Å². The van der Waals surface area contributed by atoms with Gasteiger partial charge < -0.3 is 15.0 Å². The number of piperidine rings is 1. The van der Waals surface area contributed by atoms with Crippen LogP contribution in [0, 0.1) is 0 Å². The normalized spacial score (nSPS) is 19.9. The molecular weight excluding hydrogens is 412 g/mol. The Balaban J connectivity index is 1.43. The minimum absolute atomic E-state index is 0.0943. The highest BCUT2D eigenvalue weighted by Gasteiger charge is 2.44. The summed E-state index contributed by atoms with van der Waals surface area (Å²) in [5, 5.41) is 20.1. The molecule has 174 valence electrons. The van der Waals surface area contributed by atoms with Crippen LogP contribution in [-0.4, -0.2) is 50.7 Å². The summed E-state index contributed by atoms with van der Waals surface area (Å²) in [6, 6.07) is 11.4. The summed E-state index contributed by atoms with van der Waals surface area (Å²) in [6.07, 6.45) is 8.34. The number of benzene rings is 1. The van der Waals surface area contributed by atoms with E-state index in [1.165, 1.54) is 12.8 Å². The predicted molar refractivity (Wildman–Crippen MR) is 131 cm³/mol. The molecule has 0 spiro atoms. The molecule has 2 N–H and O–H groups in total. The van der Waals surface area contributed by atoms with Crippen LogP contribution < -0.4 is 15.0 Å². The molecule has 7 heteroatoms. The van der Waals surface area contributed by atoms with E-state index in [9.17, 15) is 0 Å². The van der Waals surface area contributed by atoms with Gasteiger partial charge in [-0.05, 0) is 83.2 Å². The largest absolute Gasteiger partial charge is 0.496 e. The van der Waals surface area contributed by atoms with E-state index >= 15 is 0 Å². The molecular formula is C26H34N6O. The van der Waals surface area contributed by atoms with Crippen LogP contribution in [-0.2, 0) is 0 Å². The summed E-state index contributed by atoms with van der Waals surface area (Å²) >= 11 is 0. The van der Waals surface area contributed by atoms with Gasteiger partial charge in [0.05, 0.1) is 19.0 Å². The van der Waals surface area contributed by atoms with Crippen molar-refractivity contribution in [3.63, 3.8) is 0 Å². The lowest BCUT2D eigenvalue weighted by Crippen LogP contribution is -2.62. The van der Waals surface area contributed by atoms with Crippen LogP contribution in [0.15, 0.2) is 42.7 Å². The fourth-order valence-electron chi connectivity index (χ4n) is 5.59. The number of hydrogen-bond donors (Lipinski definition) is 2. The molecule has 3 heterocycles. The number of rotatable bonds is 6. The SMILES string of the molecule is COc1cc(-c2cn[nH]c2)ccc1-c1ccc(N(C2CC2)C2CC(C)(C)NC(C)(C)C2)nn1. The van der Waals surface area contributed by atoms with E-state index in [1.54, 1.807) is 13.3 Å². The van der Waals surface area contributed by atoms with E-state index in [0.29, 0.717) is 12.1 Å². The average molecular weight is 447 g/mol. The molecule has 0 bridgehead atoms. The molecule has 1 aliphatic heterocycles. The zero-order valence-corrected chi connectivity index (χ0v) is 20.2. The Hall–Kier alpha value is -2.93. The fourth-order valence-corrected chi connectivity index (χ4v) is 5.59. The summed E-state index contributed by atoms with van der Waals surface area (Å²) in [5.41, 5.74) is 4.01. The first kappa shape index (κ1) is 21.9. The van der Waals surface area contributed by atoms with Crippen LogP contribution >= 0.6 is 0 Å². The highest BCUT2D eigenvalue weighted by atomic mass is 16.5. The Morgan fingerprint density at radius 3 is 2.27 bits per heavy atom. The lowest BCUT2D eigenvalue weighted by atomic mass is 9.79. The van der Waals surface area contributed by atoms with Gasteiger partial charge in [-0.1, -0.05) is 6.07 Å². The van der Waals surface area contributed by atoms with Crippen LogP contribution in [0.5, 0.6) is 5.75 Å². The van der Waals surface area contributed by atoms with E-state index in [0.717, 1.165) is 46.8 Å². The molecule has 1 saturated carbocycles. The monoisotopic (exact) mass is 446 g/mol. The molecule has 5 rings (SSSR count). The van der Waals surface area contributed by atoms with Crippen LogP contribution in [0.1, 0.15) is 53.4 Å². The predicted octanol–water partition coefficient (Wildman–Crippen LogP) is 4.82. The lowest BCUT2D eigenvalue weighted by Gasteiger charge is -2.50. The molecule has 1 saturated heterocycles. The Morgan fingerprint density at radius 1 is 0.939 bits per heavy atom. The van der Waals surface area contributed by atoms with Crippen LogP contribution in [0.4, 0.5) is 5.82 Å². The molecule has 0 radical (unpaired) electrons. The van der Waals surface area contributed by atoms with E-state index in [2.05, 4.69) is 71.4 Å². The zero-order valence-electron chi connectivity index (χ0n) is 20.2. The fraction of sp³-hybridized carbons (Fsp3) is 0.500. The molecule has 2 fully saturated rings. The molecule has 0 amide bonds. The maximum Gasteiger partial charge on any atom is 0.151 e. The lowest BCUT2D eigenvalue weighted by molar-refractivity contribution is 0.157. The van der Waals surface area contributed by atoms with Crippen molar-refractivity contribution in [1.82, 2.24) is 25.7 Å². The molecule has 3 aromatic rings. The number of aromatic amines is 1. The third-order valence-electron chi connectivity index (χ3n) is 6.73. The second kappa shape index (κ2) is 8.13. The van der Waals surface area contributed by atoms with Gasteiger partial charge in [0.1, 0.15) is 5.75 Å². The summed E-state index contributed by atoms with van der Waals surface area (Å²) < 4.78 is 5.69. The third kappa shape index (κ3) is 4.60. The number of nitrogens with zero attached hydrogens (tertiary/aromatic N) is 4. The van der Waals surface area contributed by atoms with Gasteiger partial charge in [0.15, 0.2) is 5.82 Å². The van der Waals surface area contributed by atoms with E-state index < -0.39 is 0 Å². The van der Waals surface area contributed by atoms with Crippen molar-refractivity contribution in [3.8, 4) is 28.1 Å². The van der Waals surface area contributed by atoms with Crippen molar-refractivity contribution in [1.29, 1.82) is 0 Å². The number of ether oxygens (including phenoxy) is 1. The number of hydrogen-bond acceptors (Lipinski definition) is 6. The Morgan fingerprint density at radius 2 is 1.70 bits per heavy atom. The molecule has 33 heavy (non-hydrogen) atoms. The van der Waals surface area contributed by atoms with E-state index in [1.807, 2.05) is 18.3 Å². The molecule has 0 atom stereocenters. The van der Waals surface area contributed by atoms with Gasteiger partial charge in [-0.25, -0.2) is 0 Å². The highest BCUT2D eigenvalue weighted by molar-refractivity contribution is 5.74. The van der Waals surface area contributed by atoms with Gasteiger partial charge in [-0.3, -0.25) is 5.10 Å². The minimum atomic E-state index is 0.0943. The Bertz CT molecular complexity index is 1090. The van der Waals surface area contributed by atoms with Crippen molar-refractivity contribution in [2.24, 2.45) is 0 Å². The van der Waals surface area contributed by atoms with E-state index in [-0.39, 0.29) is 11.1 Å². The second-order valence-electron chi connectivity index (χ2n) is 10.8. The van der Waals surface area contributed by atoms with E-state index in [4.69, 9.17) is 9.84 Å². The van der Waals surface area contributed by atoms with Crippen molar-refractivity contribution < 1.29 is 4.74 Å². The zero-order chi connectivity index (χ0) is 23.2. The summed E-state index contributed by atoms with van der Waals surface area (Å²) in [6.45, 7) is 9.22. The second-order valence-corrected chi connectivity index (χ2v) is 10.8. The van der Waals surface area contributed by atoms with Crippen LogP contribution in [0.25, 0.3) is 22.4 Å². The maximum absolute atomic E-state index is 5.69. The van der Waals surface area contributed by atoms with Crippen molar-refractivity contribution >= 4 is 5.82 Å². The number of H-pyrrole nitrogens is 1. The number of methoxy groups -OCH3 is 1. The van der Waals surface area contributed by atoms with Gasteiger partial charge in [0.25, 0.3) is 0 Å². The molecule has 1 aromatic carbocycles. The quantitative estimate of drug-likeness (QED) is 0.565. The topological polar surface area (TPSA) is 79.0 Å². The number of aromatic nitrogens is 4.